The highest BCUT2D eigenvalue weighted by atomic mass is 19.4. The Hall–Kier alpha value is -0.290. The average Bonchev–Trinajstić information content (AvgIpc) is 2.16. The molecule has 0 heterocycles. The van der Waals surface area contributed by atoms with Crippen LogP contribution < -0.4 is 0 Å². The van der Waals surface area contributed by atoms with Crippen molar-refractivity contribution in [1.29, 1.82) is 0 Å². The Labute approximate surface area is 102 Å². The quantitative estimate of drug-likeness (QED) is 0.755. The normalized spacial score (nSPS) is 15.0. The van der Waals surface area contributed by atoms with Crippen LogP contribution in [0.2, 0.25) is 0 Å². The molecule has 0 amide bonds. The zero-order valence-electron chi connectivity index (χ0n) is 11.1. The number of hydrogen-bond acceptors (Lipinski definition) is 2. The minimum atomic E-state index is -4.53. The molecule has 104 valence electrons. The molecule has 0 aliphatic rings. The number of alkyl halides is 3. The van der Waals surface area contributed by atoms with Gasteiger partial charge >= 0.3 is 6.18 Å². The summed E-state index contributed by atoms with van der Waals surface area (Å²) in [7, 11) is 0. The van der Waals surface area contributed by atoms with Crippen LogP contribution in [0.15, 0.2) is 0 Å². The molecule has 0 aliphatic heterocycles. The van der Waals surface area contributed by atoms with Crippen molar-refractivity contribution in [3.8, 4) is 0 Å². The van der Waals surface area contributed by atoms with Crippen LogP contribution in [0.5, 0.6) is 0 Å². The fraction of sp³-hybridized carbons (Fsp3) is 1.00. The highest BCUT2D eigenvalue weighted by Gasteiger charge is 2.39. The maximum absolute atomic E-state index is 12.3. The van der Waals surface area contributed by atoms with Gasteiger partial charge < -0.3 is 5.11 Å². The number of aliphatic hydroxyl groups excluding tert-OH is 1. The Balaban J connectivity index is 4.58. The summed E-state index contributed by atoms with van der Waals surface area (Å²) < 4.78 is 37.0. The number of hydrogen-bond donors (Lipinski definition) is 1. The summed E-state index contributed by atoms with van der Waals surface area (Å²) in [5.41, 5.74) is 0. The molecule has 0 rings (SSSR count). The molecule has 1 atom stereocenters. The van der Waals surface area contributed by atoms with Gasteiger partial charge in [0.15, 0.2) is 6.10 Å². The minimum absolute atomic E-state index is 0.106. The van der Waals surface area contributed by atoms with E-state index in [0.717, 1.165) is 12.8 Å². The van der Waals surface area contributed by atoms with Gasteiger partial charge in [-0.05, 0) is 18.8 Å². The number of nitrogens with zero attached hydrogens (tertiary/aromatic N) is 1. The number of halogens is 3. The highest BCUT2D eigenvalue weighted by molar-refractivity contribution is 4.77. The van der Waals surface area contributed by atoms with Gasteiger partial charge in [-0.2, -0.15) is 13.2 Å². The van der Waals surface area contributed by atoms with Gasteiger partial charge in [-0.15, -0.1) is 0 Å². The van der Waals surface area contributed by atoms with Crippen molar-refractivity contribution in [2.75, 3.05) is 13.1 Å². The van der Waals surface area contributed by atoms with Crippen LogP contribution in [0.4, 0.5) is 13.2 Å². The maximum atomic E-state index is 12.3. The summed E-state index contributed by atoms with van der Waals surface area (Å²) in [6.45, 7) is 8.11. The largest absolute Gasteiger partial charge is 0.415 e. The van der Waals surface area contributed by atoms with Gasteiger partial charge in [0.2, 0.25) is 0 Å². The van der Waals surface area contributed by atoms with E-state index in [4.69, 9.17) is 5.11 Å². The van der Waals surface area contributed by atoms with Crippen molar-refractivity contribution in [1.82, 2.24) is 4.90 Å². The maximum Gasteiger partial charge on any atom is 0.415 e. The van der Waals surface area contributed by atoms with E-state index in [1.54, 1.807) is 4.90 Å². The Bertz CT molecular complexity index is 202. The molecule has 0 aromatic carbocycles. The molecule has 0 saturated heterocycles. The lowest BCUT2D eigenvalue weighted by atomic mass is 10.1. The zero-order chi connectivity index (χ0) is 13.6. The first-order valence-corrected chi connectivity index (χ1v) is 6.21. The third-order valence-electron chi connectivity index (χ3n) is 2.84. The molecule has 0 aromatic rings. The van der Waals surface area contributed by atoms with E-state index >= 15 is 0 Å². The number of rotatable bonds is 7. The third kappa shape index (κ3) is 6.27. The Morgan fingerprint density at radius 1 is 1.06 bits per heavy atom. The molecule has 0 aliphatic carbocycles. The molecule has 1 N–H and O–H groups in total. The van der Waals surface area contributed by atoms with E-state index in [9.17, 15) is 13.2 Å². The lowest BCUT2D eigenvalue weighted by Crippen LogP contribution is -2.46. The second-order valence-electron chi connectivity index (χ2n) is 4.88. The standard InChI is InChI=1S/C12H24F3NO/c1-5-10(6-2)16(7-9(3)4)8-11(17)12(13,14)15/h9-11,17H,5-8H2,1-4H3. The van der Waals surface area contributed by atoms with Crippen LogP contribution >= 0.6 is 0 Å². The van der Waals surface area contributed by atoms with Gasteiger partial charge in [0.25, 0.3) is 0 Å². The van der Waals surface area contributed by atoms with Crippen LogP contribution in [0.3, 0.4) is 0 Å². The summed E-state index contributed by atoms with van der Waals surface area (Å²) >= 11 is 0. The Morgan fingerprint density at radius 3 is 1.82 bits per heavy atom. The second-order valence-corrected chi connectivity index (χ2v) is 4.88. The van der Waals surface area contributed by atoms with E-state index < -0.39 is 12.3 Å². The fourth-order valence-corrected chi connectivity index (χ4v) is 1.97. The summed E-state index contributed by atoms with van der Waals surface area (Å²) in [4.78, 5) is 1.75. The van der Waals surface area contributed by atoms with Crippen molar-refractivity contribution < 1.29 is 18.3 Å². The minimum Gasteiger partial charge on any atom is -0.382 e. The molecule has 0 saturated carbocycles. The van der Waals surface area contributed by atoms with Gasteiger partial charge in [-0.1, -0.05) is 27.7 Å². The SMILES string of the molecule is CCC(CC)N(CC(C)C)CC(O)C(F)(F)F. The van der Waals surface area contributed by atoms with Gasteiger partial charge in [-0.25, -0.2) is 0 Å². The summed E-state index contributed by atoms with van der Waals surface area (Å²) in [6.07, 6.45) is -5.18. The van der Waals surface area contributed by atoms with Crippen molar-refractivity contribution in [3.63, 3.8) is 0 Å². The molecular weight excluding hydrogens is 231 g/mol. The Kier molecular flexibility index (Phi) is 7.09. The zero-order valence-corrected chi connectivity index (χ0v) is 11.1. The van der Waals surface area contributed by atoms with Crippen molar-refractivity contribution in [3.05, 3.63) is 0 Å². The van der Waals surface area contributed by atoms with Crippen LogP contribution in [-0.4, -0.2) is 41.4 Å². The van der Waals surface area contributed by atoms with Crippen LogP contribution in [-0.2, 0) is 0 Å². The van der Waals surface area contributed by atoms with Gasteiger partial charge in [-0.3, -0.25) is 4.90 Å². The second kappa shape index (κ2) is 7.21. The summed E-state index contributed by atoms with van der Waals surface area (Å²) in [6, 6.07) is 0.106. The fourth-order valence-electron chi connectivity index (χ4n) is 1.97. The number of aliphatic hydroxyl groups is 1. The molecule has 0 bridgehead atoms. The summed E-state index contributed by atoms with van der Waals surface area (Å²) in [5.74, 6) is 0.288. The molecule has 0 fully saturated rings. The van der Waals surface area contributed by atoms with E-state index in [2.05, 4.69) is 0 Å². The lowest BCUT2D eigenvalue weighted by molar-refractivity contribution is -0.209. The monoisotopic (exact) mass is 255 g/mol. The third-order valence-corrected chi connectivity index (χ3v) is 2.84. The smallest absolute Gasteiger partial charge is 0.382 e. The predicted octanol–water partition coefficient (Wildman–Crippen LogP) is 3.06. The van der Waals surface area contributed by atoms with Crippen LogP contribution in [0.25, 0.3) is 0 Å². The van der Waals surface area contributed by atoms with E-state index in [-0.39, 0.29) is 18.5 Å². The molecule has 17 heavy (non-hydrogen) atoms. The van der Waals surface area contributed by atoms with Crippen LogP contribution in [0.1, 0.15) is 40.5 Å². The molecule has 2 nitrogen and oxygen atoms in total. The molecule has 5 heteroatoms. The van der Waals surface area contributed by atoms with E-state index in [0.29, 0.717) is 6.54 Å². The van der Waals surface area contributed by atoms with Crippen LogP contribution in [0, 0.1) is 5.92 Å². The van der Waals surface area contributed by atoms with E-state index in [1.807, 2.05) is 27.7 Å². The lowest BCUT2D eigenvalue weighted by Gasteiger charge is -2.33. The molecule has 1 unspecified atom stereocenters. The molecule has 0 radical (unpaired) electrons. The van der Waals surface area contributed by atoms with Crippen molar-refractivity contribution >= 4 is 0 Å². The van der Waals surface area contributed by atoms with Crippen molar-refractivity contribution in [2.45, 2.75) is 58.9 Å². The first-order chi connectivity index (χ1) is 7.72. The molecular formula is C12H24F3NO. The van der Waals surface area contributed by atoms with E-state index in [1.165, 1.54) is 0 Å². The first kappa shape index (κ1) is 16.7. The van der Waals surface area contributed by atoms with Gasteiger partial charge in [0.1, 0.15) is 0 Å². The van der Waals surface area contributed by atoms with Gasteiger partial charge in [0, 0.05) is 19.1 Å². The summed E-state index contributed by atoms with van der Waals surface area (Å²) in [5, 5.41) is 9.14. The predicted molar refractivity (Wildman–Crippen MR) is 62.8 cm³/mol. The molecule has 0 aromatic heterocycles. The Morgan fingerprint density at radius 2 is 1.53 bits per heavy atom. The topological polar surface area (TPSA) is 23.5 Å². The highest BCUT2D eigenvalue weighted by Crippen LogP contribution is 2.22. The molecule has 0 spiro atoms. The van der Waals surface area contributed by atoms with Crippen molar-refractivity contribution in [2.24, 2.45) is 5.92 Å². The van der Waals surface area contributed by atoms with Gasteiger partial charge in [0.05, 0.1) is 0 Å². The first-order valence-electron chi connectivity index (χ1n) is 6.21. The average molecular weight is 255 g/mol.